The second-order valence-electron chi connectivity index (χ2n) is 6.91. The normalized spacial score (nSPS) is 14.9. The molecule has 0 bridgehead atoms. The minimum atomic E-state index is -4.40. The minimum Gasteiger partial charge on any atom is -0.395 e. The Hall–Kier alpha value is -2.77. The fraction of sp³-hybridized carbons (Fsp3) is 0.350. The molecule has 0 saturated heterocycles. The third-order valence-corrected chi connectivity index (χ3v) is 4.93. The molecule has 0 aliphatic heterocycles. The van der Waals surface area contributed by atoms with Gasteiger partial charge < -0.3 is 16.4 Å². The lowest BCUT2D eigenvalue weighted by Gasteiger charge is -2.15. The van der Waals surface area contributed by atoms with Crippen molar-refractivity contribution in [1.29, 1.82) is 0 Å². The third kappa shape index (κ3) is 4.55. The molecule has 1 amide bonds. The Bertz CT molecular complexity index is 844. The summed E-state index contributed by atoms with van der Waals surface area (Å²) in [5.74, 6) is -0.940. The molecule has 2 aromatic rings. The van der Waals surface area contributed by atoms with E-state index >= 15 is 0 Å². The number of nitrogens with one attached hydrogen (secondary N) is 2. The second-order valence-corrected chi connectivity index (χ2v) is 6.91. The van der Waals surface area contributed by atoms with Crippen LogP contribution >= 0.6 is 0 Å². The average Bonchev–Trinajstić information content (AvgIpc) is 3.19. The number of anilines is 3. The number of amides is 1. The fourth-order valence-electron chi connectivity index (χ4n) is 3.27. The molecule has 3 rings (SSSR count). The van der Waals surface area contributed by atoms with Crippen LogP contribution in [0.25, 0.3) is 0 Å². The molecule has 1 fully saturated rings. The van der Waals surface area contributed by atoms with Crippen LogP contribution in [-0.2, 0) is 17.5 Å². The van der Waals surface area contributed by atoms with Crippen LogP contribution in [-0.4, -0.2) is 5.91 Å². The summed E-state index contributed by atoms with van der Waals surface area (Å²) in [7, 11) is 0. The maximum Gasteiger partial charge on any atom is 0.416 e. The molecule has 1 aliphatic carbocycles. The van der Waals surface area contributed by atoms with E-state index in [1.807, 2.05) is 0 Å². The molecule has 0 spiro atoms. The van der Waals surface area contributed by atoms with Gasteiger partial charge >= 0.3 is 6.18 Å². The van der Waals surface area contributed by atoms with Crippen LogP contribution in [0.5, 0.6) is 0 Å². The number of rotatable bonds is 5. The Morgan fingerprint density at radius 1 is 1.04 bits per heavy atom. The predicted octanol–water partition coefficient (Wildman–Crippen LogP) is 5.17. The van der Waals surface area contributed by atoms with Crippen molar-refractivity contribution in [3.63, 3.8) is 0 Å². The van der Waals surface area contributed by atoms with Gasteiger partial charge in [-0.25, -0.2) is 4.39 Å². The van der Waals surface area contributed by atoms with E-state index in [4.69, 9.17) is 5.73 Å². The zero-order valence-corrected chi connectivity index (χ0v) is 15.1. The van der Waals surface area contributed by atoms with E-state index in [1.165, 1.54) is 24.3 Å². The molecule has 2 aromatic carbocycles. The van der Waals surface area contributed by atoms with E-state index in [-0.39, 0.29) is 35.4 Å². The number of hydrogen-bond donors (Lipinski definition) is 3. The monoisotopic (exact) mass is 395 g/mol. The van der Waals surface area contributed by atoms with Gasteiger partial charge in [0.25, 0.3) is 0 Å². The molecule has 150 valence electrons. The van der Waals surface area contributed by atoms with Crippen LogP contribution < -0.4 is 16.4 Å². The predicted molar refractivity (Wildman–Crippen MR) is 100 cm³/mol. The Morgan fingerprint density at radius 3 is 2.25 bits per heavy atom. The number of halogens is 4. The zero-order chi connectivity index (χ0) is 20.3. The summed E-state index contributed by atoms with van der Waals surface area (Å²) in [4.78, 5) is 12.2. The summed E-state index contributed by atoms with van der Waals surface area (Å²) >= 11 is 0. The summed E-state index contributed by atoms with van der Waals surface area (Å²) in [6.45, 7) is 0.127. The molecule has 0 aromatic heterocycles. The maximum absolute atomic E-state index is 14.5. The molecule has 0 radical (unpaired) electrons. The Labute approximate surface area is 160 Å². The van der Waals surface area contributed by atoms with E-state index in [0.717, 1.165) is 37.8 Å². The van der Waals surface area contributed by atoms with Crippen LogP contribution in [0.1, 0.15) is 36.8 Å². The van der Waals surface area contributed by atoms with Gasteiger partial charge in [-0.3, -0.25) is 4.79 Å². The van der Waals surface area contributed by atoms with Crippen molar-refractivity contribution in [3.05, 3.63) is 53.3 Å². The standard InChI is InChI=1S/C20H21F4N3O/c21-17-15(26-11-12-5-7-14(8-6-12)20(22,23)24)9-10-16(18(17)25)27-19(28)13-3-1-2-4-13/h5-10,13,26H,1-4,11,25H2,(H,27,28). The van der Waals surface area contributed by atoms with Gasteiger partial charge in [-0.15, -0.1) is 0 Å². The molecular weight excluding hydrogens is 374 g/mol. The van der Waals surface area contributed by atoms with E-state index in [1.54, 1.807) is 0 Å². The van der Waals surface area contributed by atoms with Crippen molar-refractivity contribution in [3.8, 4) is 0 Å². The van der Waals surface area contributed by atoms with Crippen molar-refractivity contribution in [2.45, 2.75) is 38.4 Å². The number of nitrogens with two attached hydrogens (primary N) is 1. The average molecular weight is 395 g/mol. The molecule has 0 unspecified atom stereocenters. The first kappa shape index (κ1) is 20.0. The lowest BCUT2D eigenvalue weighted by Crippen LogP contribution is -2.21. The van der Waals surface area contributed by atoms with Crippen LogP contribution in [0.4, 0.5) is 34.6 Å². The highest BCUT2D eigenvalue weighted by Gasteiger charge is 2.30. The molecule has 8 heteroatoms. The largest absolute Gasteiger partial charge is 0.416 e. The van der Waals surface area contributed by atoms with Crippen molar-refractivity contribution >= 4 is 23.0 Å². The molecule has 0 heterocycles. The van der Waals surface area contributed by atoms with E-state index in [0.29, 0.717) is 5.56 Å². The second kappa shape index (κ2) is 8.08. The molecule has 1 saturated carbocycles. The Balaban J connectivity index is 1.65. The number of alkyl halides is 3. The topological polar surface area (TPSA) is 67.1 Å². The smallest absolute Gasteiger partial charge is 0.395 e. The fourth-order valence-corrected chi connectivity index (χ4v) is 3.27. The molecule has 4 nitrogen and oxygen atoms in total. The quantitative estimate of drug-likeness (QED) is 0.483. The van der Waals surface area contributed by atoms with Crippen LogP contribution in [0.15, 0.2) is 36.4 Å². The van der Waals surface area contributed by atoms with Gasteiger partial charge in [-0.1, -0.05) is 25.0 Å². The molecule has 0 atom stereocenters. The highest BCUT2D eigenvalue weighted by Crippen LogP contribution is 2.32. The number of carbonyl (C=O) groups excluding carboxylic acids is 1. The lowest BCUT2D eigenvalue weighted by molar-refractivity contribution is -0.137. The number of benzene rings is 2. The first-order valence-electron chi connectivity index (χ1n) is 9.04. The van der Waals surface area contributed by atoms with Crippen LogP contribution in [0.2, 0.25) is 0 Å². The van der Waals surface area contributed by atoms with Gasteiger partial charge in [0.1, 0.15) is 0 Å². The van der Waals surface area contributed by atoms with Crippen molar-refractivity contribution in [2.24, 2.45) is 5.92 Å². The lowest BCUT2D eigenvalue weighted by atomic mass is 10.1. The minimum absolute atomic E-state index is 0.0695. The summed E-state index contributed by atoms with van der Waals surface area (Å²) < 4.78 is 52.3. The number of hydrogen-bond acceptors (Lipinski definition) is 3. The van der Waals surface area contributed by atoms with Crippen LogP contribution in [0, 0.1) is 11.7 Å². The van der Waals surface area contributed by atoms with Gasteiger partial charge in [0, 0.05) is 12.5 Å². The molecule has 4 N–H and O–H groups in total. The van der Waals surface area contributed by atoms with Gasteiger partial charge in [0.05, 0.1) is 22.6 Å². The summed E-state index contributed by atoms with van der Waals surface area (Å²) in [5.41, 5.74) is 5.78. The summed E-state index contributed by atoms with van der Waals surface area (Å²) in [6.07, 6.45) is -0.739. The van der Waals surface area contributed by atoms with Gasteiger partial charge in [0.2, 0.25) is 5.91 Å². The highest BCUT2D eigenvalue weighted by molar-refractivity contribution is 5.96. The van der Waals surface area contributed by atoms with Gasteiger partial charge in [-0.2, -0.15) is 13.2 Å². The summed E-state index contributed by atoms with van der Waals surface area (Å²) in [6, 6.07) is 7.56. The molecular formula is C20H21F4N3O. The number of carbonyl (C=O) groups is 1. The Kier molecular flexibility index (Phi) is 5.76. The zero-order valence-electron chi connectivity index (χ0n) is 15.1. The van der Waals surface area contributed by atoms with E-state index < -0.39 is 17.6 Å². The van der Waals surface area contributed by atoms with E-state index in [2.05, 4.69) is 10.6 Å². The maximum atomic E-state index is 14.5. The Morgan fingerprint density at radius 2 is 1.64 bits per heavy atom. The first-order chi connectivity index (χ1) is 13.3. The number of nitrogen functional groups attached to an aromatic ring is 1. The molecule has 28 heavy (non-hydrogen) atoms. The van der Waals surface area contributed by atoms with Crippen molar-refractivity contribution in [1.82, 2.24) is 0 Å². The third-order valence-electron chi connectivity index (χ3n) is 4.93. The highest BCUT2D eigenvalue weighted by atomic mass is 19.4. The van der Waals surface area contributed by atoms with Gasteiger partial charge in [-0.05, 0) is 42.7 Å². The van der Waals surface area contributed by atoms with Crippen molar-refractivity contribution < 1.29 is 22.4 Å². The summed E-state index contributed by atoms with van der Waals surface area (Å²) in [5, 5.41) is 5.49. The van der Waals surface area contributed by atoms with Crippen LogP contribution in [0.3, 0.4) is 0 Å². The van der Waals surface area contributed by atoms with Gasteiger partial charge in [0.15, 0.2) is 5.82 Å². The molecule has 1 aliphatic rings. The SMILES string of the molecule is Nc1c(NC(=O)C2CCCC2)ccc(NCc2ccc(C(F)(F)F)cc2)c1F. The first-order valence-corrected chi connectivity index (χ1v) is 9.04. The van der Waals surface area contributed by atoms with E-state index in [9.17, 15) is 22.4 Å². The van der Waals surface area contributed by atoms with Crippen molar-refractivity contribution in [2.75, 3.05) is 16.4 Å².